The number of nitrogens with zero attached hydrogens (tertiary/aromatic N) is 2. The SMILES string of the molecule is CCOc1ccccc1Nc1cc(Nc2ccccc2Br)ncn1. The van der Waals surface area contributed by atoms with E-state index in [4.69, 9.17) is 4.74 Å². The molecule has 0 atom stereocenters. The highest BCUT2D eigenvalue weighted by atomic mass is 79.9. The van der Waals surface area contributed by atoms with E-state index in [2.05, 4.69) is 36.5 Å². The van der Waals surface area contributed by atoms with Gasteiger partial charge in [0.15, 0.2) is 0 Å². The maximum Gasteiger partial charge on any atom is 0.142 e. The van der Waals surface area contributed by atoms with Gasteiger partial charge in [0.1, 0.15) is 23.7 Å². The molecule has 0 radical (unpaired) electrons. The third-order valence-electron chi connectivity index (χ3n) is 3.25. The summed E-state index contributed by atoms with van der Waals surface area (Å²) in [4.78, 5) is 8.53. The first-order valence-corrected chi connectivity index (χ1v) is 8.38. The lowest BCUT2D eigenvalue weighted by Gasteiger charge is -2.12. The molecule has 0 aliphatic carbocycles. The first-order valence-electron chi connectivity index (χ1n) is 7.58. The molecule has 3 aromatic rings. The molecule has 1 heterocycles. The maximum absolute atomic E-state index is 5.62. The van der Waals surface area contributed by atoms with Gasteiger partial charge in [0, 0.05) is 10.5 Å². The third-order valence-corrected chi connectivity index (χ3v) is 3.94. The summed E-state index contributed by atoms with van der Waals surface area (Å²) in [6, 6.07) is 17.5. The number of aromatic nitrogens is 2. The van der Waals surface area contributed by atoms with Crippen molar-refractivity contribution in [1.82, 2.24) is 9.97 Å². The molecule has 2 aromatic carbocycles. The molecule has 0 fully saturated rings. The highest BCUT2D eigenvalue weighted by Gasteiger charge is 2.06. The number of nitrogens with one attached hydrogen (secondary N) is 2. The maximum atomic E-state index is 5.62. The van der Waals surface area contributed by atoms with Crippen molar-refractivity contribution < 1.29 is 4.74 Å². The predicted octanol–water partition coefficient (Wildman–Crippen LogP) is 5.13. The first-order chi connectivity index (χ1) is 11.8. The molecule has 1 aromatic heterocycles. The van der Waals surface area contributed by atoms with Crippen LogP contribution in [0.15, 0.2) is 65.4 Å². The van der Waals surface area contributed by atoms with E-state index in [0.717, 1.165) is 21.6 Å². The summed E-state index contributed by atoms with van der Waals surface area (Å²) in [6.07, 6.45) is 1.52. The Labute approximate surface area is 149 Å². The second-order valence-corrected chi connectivity index (χ2v) is 5.80. The summed E-state index contributed by atoms with van der Waals surface area (Å²) in [5.74, 6) is 2.18. The van der Waals surface area contributed by atoms with Crippen molar-refractivity contribution in [3.63, 3.8) is 0 Å². The Morgan fingerprint density at radius 1 is 0.917 bits per heavy atom. The van der Waals surface area contributed by atoms with Gasteiger partial charge in [-0.15, -0.1) is 0 Å². The lowest BCUT2D eigenvalue weighted by Crippen LogP contribution is -2.01. The van der Waals surface area contributed by atoms with Crippen LogP contribution >= 0.6 is 15.9 Å². The van der Waals surface area contributed by atoms with Crippen LogP contribution in [0.25, 0.3) is 0 Å². The molecule has 0 spiro atoms. The molecule has 0 saturated heterocycles. The molecule has 0 saturated carbocycles. The lowest BCUT2D eigenvalue weighted by molar-refractivity contribution is 0.342. The van der Waals surface area contributed by atoms with Gasteiger partial charge in [0.2, 0.25) is 0 Å². The van der Waals surface area contributed by atoms with E-state index in [1.165, 1.54) is 6.33 Å². The Kier molecular flexibility index (Phi) is 5.28. The monoisotopic (exact) mass is 384 g/mol. The molecule has 2 N–H and O–H groups in total. The van der Waals surface area contributed by atoms with Crippen LogP contribution in [-0.2, 0) is 0 Å². The molecule has 6 heteroatoms. The van der Waals surface area contributed by atoms with Crippen LogP contribution in [0.5, 0.6) is 5.75 Å². The van der Waals surface area contributed by atoms with E-state index in [-0.39, 0.29) is 0 Å². The molecule has 24 heavy (non-hydrogen) atoms. The first kappa shape index (κ1) is 16.3. The van der Waals surface area contributed by atoms with Crippen molar-refractivity contribution >= 4 is 38.9 Å². The number of rotatable bonds is 6. The average molecular weight is 385 g/mol. The lowest BCUT2D eigenvalue weighted by atomic mass is 10.3. The van der Waals surface area contributed by atoms with Crippen molar-refractivity contribution in [3.8, 4) is 5.75 Å². The van der Waals surface area contributed by atoms with Gasteiger partial charge in [-0.1, -0.05) is 24.3 Å². The molecule has 5 nitrogen and oxygen atoms in total. The molecule has 122 valence electrons. The number of hydrogen-bond acceptors (Lipinski definition) is 5. The minimum absolute atomic E-state index is 0.608. The van der Waals surface area contributed by atoms with Crippen LogP contribution in [0.4, 0.5) is 23.0 Å². The number of ether oxygens (including phenoxy) is 1. The second kappa shape index (κ2) is 7.79. The van der Waals surface area contributed by atoms with Crippen molar-refractivity contribution in [3.05, 3.63) is 65.4 Å². The van der Waals surface area contributed by atoms with E-state index >= 15 is 0 Å². The normalized spacial score (nSPS) is 10.2. The molecule has 0 aliphatic rings. The van der Waals surface area contributed by atoms with Crippen LogP contribution in [0, 0.1) is 0 Å². The molecule has 0 aliphatic heterocycles. The second-order valence-electron chi connectivity index (χ2n) is 4.95. The van der Waals surface area contributed by atoms with E-state index in [1.807, 2.05) is 61.5 Å². The fraction of sp³-hybridized carbons (Fsp3) is 0.111. The molecule has 3 rings (SSSR count). The van der Waals surface area contributed by atoms with Gasteiger partial charge >= 0.3 is 0 Å². The van der Waals surface area contributed by atoms with Crippen molar-refractivity contribution in [1.29, 1.82) is 0 Å². The van der Waals surface area contributed by atoms with Gasteiger partial charge in [-0.3, -0.25) is 0 Å². The largest absolute Gasteiger partial charge is 0.492 e. The fourth-order valence-corrected chi connectivity index (χ4v) is 2.57. The van der Waals surface area contributed by atoms with E-state index in [0.29, 0.717) is 18.2 Å². The summed E-state index contributed by atoms with van der Waals surface area (Å²) in [5.41, 5.74) is 1.81. The standard InChI is InChI=1S/C18H17BrN4O/c1-2-24-16-10-6-5-9-15(16)23-18-11-17(20-12-21-18)22-14-8-4-3-7-13(14)19/h3-12H,2H2,1H3,(H2,20,21,22,23). The Morgan fingerprint density at radius 3 is 2.25 bits per heavy atom. The Bertz CT molecular complexity index is 825. The topological polar surface area (TPSA) is 59.1 Å². The number of anilines is 4. The summed E-state index contributed by atoms with van der Waals surface area (Å²) < 4.78 is 6.60. The zero-order chi connectivity index (χ0) is 16.8. The summed E-state index contributed by atoms with van der Waals surface area (Å²) in [5, 5.41) is 6.54. The van der Waals surface area contributed by atoms with Gasteiger partial charge in [-0.05, 0) is 47.1 Å². The zero-order valence-corrected chi connectivity index (χ0v) is 14.7. The zero-order valence-electron chi connectivity index (χ0n) is 13.2. The summed E-state index contributed by atoms with van der Waals surface area (Å²) >= 11 is 3.51. The van der Waals surface area contributed by atoms with Crippen molar-refractivity contribution in [2.75, 3.05) is 17.2 Å². The van der Waals surface area contributed by atoms with E-state index in [9.17, 15) is 0 Å². The number of halogens is 1. The predicted molar refractivity (Wildman–Crippen MR) is 100 cm³/mol. The van der Waals surface area contributed by atoms with Crippen LogP contribution in [-0.4, -0.2) is 16.6 Å². The van der Waals surface area contributed by atoms with Gasteiger partial charge in [0.25, 0.3) is 0 Å². The van der Waals surface area contributed by atoms with Gasteiger partial charge < -0.3 is 15.4 Å². The minimum Gasteiger partial charge on any atom is -0.492 e. The number of benzene rings is 2. The molecule has 0 unspecified atom stereocenters. The van der Waals surface area contributed by atoms with Gasteiger partial charge in [-0.2, -0.15) is 0 Å². The van der Waals surface area contributed by atoms with Crippen LogP contribution in [0.3, 0.4) is 0 Å². The summed E-state index contributed by atoms with van der Waals surface area (Å²) in [6.45, 7) is 2.57. The molecule has 0 amide bonds. The van der Waals surface area contributed by atoms with Crippen LogP contribution in [0.2, 0.25) is 0 Å². The van der Waals surface area contributed by atoms with Crippen LogP contribution in [0.1, 0.15) is 6.92 Å². The van der Waals surface area contributed by atoms with Crippen molar-refractivity contribution in [2.45, 2.75) is 6.92 Å². The number of hydrogen-bond donors (Lipinski definition) is 2. The Balaban J connectivity index is 1.80. The highest BCUT2D eigenvalue weighted by molar-refractivity contribution is 9.10. The Hall–Kier alpha value is -2.60. The number of para-hydroxylation sites is 3. The van der Waals surface area contributed by atoms with Gasteiger partial charge in [0.05, 0.1) is 18.0 Å². The molecule has 0 bridgehead atoms. The van der Waals surface area contributed by atoms with E-state index < -0.39 is 0 Å². The molecular weight excluding hydrogens is 368 g/mol. The summed E-state index contributed by atoms with van der Waals surface area (Å²) in [7, 11) is 0. The van der Waals surface area contributed by atoms with Gasteiger partial charge in [-0.25, -0.2) is 9.97 Å². The van der Waals surface area contributed by atoms with Crippen molar-refractivity contribution in [2.24, 2.45) is 0 Å². The minimum atomic E-state index is 0.608. The third kappa shape index (κ3) is 4.02. The quantitative estimate of drug-likeness (QED) is 0.617. The fourth-order valence-electron chi connectivity index (χ4n) is 2.18. The van der Waals surface area contributed by atoms with Crippen LogP contribution < -0.4 is 15.4 Å². The highest BCUT2D eigenvalue weighted by Crippen LogP contribution is 2.28. The average Bonchev–Trinajstić information content (AvgIpc) is 2.59. The van der Waals surface area contributed by atoms with E-state index in [1.54, 1.807) is 0 Å². The molecular formula is C18H17BrN4O. The Morgan fingerprint density at radius 2 is 1.54 bits per heavy atom. The smallest absolute Gasteiger partial charge is 0.142 e.